The van der Waals surface area contributed by atoms with Gasteiger partial charge in [-0.05, 0) is 45.4 Å². The van der Waals surface area contributed by atoms with Crippen molar-refractivity contribution in [1.29, 1.82) is 0 Å². The Bertz CT molecular complexity index is 869. The molecule has 1 aromatic heterocycles. The van der Waals surface area contributed by atoms with E-state index in [1.807, 2.05) is 6.92 Å². The van der Waals surface area contributed by atoms with Crippen LogP contribution in [0.2, 0.25) is 0 Å². The molecule has 2 N–H and O–H groups in total. The van der Waals surface area contributed by atoms with Crippen LogP contribution in [0, 0.1) is 0 Å². The molecule has 29 heavy (non-hydrogen) atoms. The first kappa shape index (κ1) is 19.5. The Balaban J connectivity index is 1.25. The highest BCUT2D eigenvalue weighted by Crippen LogP contribution is 2.41. The van der Waals surface area contributed by atoms with Crippen LogP contribution < -0.4 is 10.6 Å². The number of nitrogens with one attached hydrogen (secondary N) is 2. The standard InChI is InChI=1S/C19H29N5O4S/c1-12-11-20-6-7-23(12)29(26,27)24-15-4-5-16(24)9-14(8-15)21-19(25)17-10-18(28-22-17)13-2-3-13/h10,12-16,20H,2-9,11H2,1H3,(H,21,25)/t12?,14-,15+,16-. The molecule has 3 aliphatic heterocycles. The van der Waals surface area contributed by atoms with Crippen LogP contribution in [0.5, 0.6) is 0 Å². The van der Waals surface area contributed by atoms with Crippen LogP contribution in [0.25, 0.3) is 0 Å². The van der Waals surface area contributed by atoms with Crippen LogP contribution >= 0.6 is 0 Å². The van der Waals surface area contributed by atoms with Crippen LogP contribution in [0.4, 0.5) is 0 Å². The summed E-state index contributed by atoms with van der Waals surface area (Å²) in [5, 5.41) is 10.2. The van der Waals surface area contributed by atoms with Gasteiger partial charge in [-0.25, -0.2) is 0 Å². The van der Waals surface area contributed by atoms with Gasteiger partial charge in [0, 0.05) is 55.8 Å². The van der Waals surface area contributed by atoms with Gasteiger partial charge < -0.3 is 15.2 Å². The monoisotopic (exact) mass is 423 g/mol. The average molecular weight is 424 g/mol. The van der Waals surface area contributed by atoms with E-state index in [-0.39, 0.29) is 30.1 Å². The molecule has 9 nitrogen and oxygen atoms in total. The molecule has 10 heteroatoms. The Morgan fingerprint density at radius 1 is 1.24 bits per heavy atom. The van der Waals surface area contributed by atoms with Gasteiger partial charge in [0.25, 0.3) is 16.1 Å². The number of rotatable bonds is 5. The minimum atomic E-state index is -3.49. The average Bonchev–Trinajstić information content (AvgIpc) is 3.34. The number of hydrogen-bond acceptors (Lipinski definition) is 6. The van der Waals surface area contributed by atoms with Crippen molar-refractivity contribution in [3.63, 3.8) is 0 Å². The van der Waals surface area contributed by atoms with Crippen molar-refractivity contribution in [2.45, 2.75) is 75.5 Å². The summed E-state index contributed by atoms with van der Waals surface area (Å²) in [5.41, 5.74) is 0.323. The summed E-state index contributed by atoms with van der Waals surface area (Å²) in [5.74, 6) is 0.985. The van der Waals surface area contributed by atoms with Crippen molar-refractivity contribution in [2.24, 2.45) is 0 Å². The van der Waals surface area contributed by atoms with Crippen LogP contribution in [0.1, 0.15) is 67.6 Å². The Kier molecular flexibility index (Phi) is 4.92. The third-order valence-electron chi connectivity index (χ3n) is 6.75. The number of piperidine rings is 1. The molecule has 5 rings (SSSR count). The van der Waals surface area contributed by atoms with Crippen LogP contribution in [-0.2, 0) is 10.2 Å². The SMILES string of the molecule is CC1CNCCN1S(=O)(=O)N1[C@@H]2CC[C@H]1C[C@@H](NC(=O)c1cc(C3CC3)on1)C2. The third kappa shape index (κ3) is 3.60. The second-order valence-electron chi connectivity index (χ2n) is 8.92. The summed E-state index contributed by atoms with van der Waals surface area (Å²) in [6.07, 6.45) is 5.19. The van der Waals surface area contributed by atoms with Crippen molar-refractivity contribution in [2.75, 3.05) is 19.6 Å². The molecular formula is C19H29N5O4S. The largest absolute Gasteiger partial charge is 0.360 e. The van der Waals surface area contributed by atoms with E-state index in [1.165, 1.54) is 0 Å². The second kappa shape index (κ2) is 7.33. The molecule has 0 radical (unpaired) electrons. The van der Waals surface area contributed by atoms with Gasteiger partial charge in [-0.2, -0.15) is 17.0 Å². The fourth-order valence-electron chi connectivity index (χ4n) is 5.13. The number of amides is 1. The first-order chi connectivity index (χ1) is 13.9. The van der Waals surface area contributed by atoms with Gasteiger partial charge in [-0.3, -0.25) is 4.79 Å². The van der Waals surface area contributed by atoms with Crippen molar-refractivity contribution in [1.82, 2.24) is 24.4 Å². The quantitative estimate of drug-likeness (QED) is 0.726. The molecule has 4 atom stereocenters. The summed E-state index contributed by atoms with van der Waals surface area (Å²) in [6, 6.07) is 1.56. The van der Waals surface area contributed by atoms with Crippen molar-refractivity contribution in [3.8, 4) is 0 Å². The minimum Gasteiger partial charge on any atom is -0.360 e. The Hall–Kier alpha value is -1.49. The highest BCUT2D eigenvalue weighted by Gasteiger charge is 2.49. The number of carbonyl (C=O) groups is 1. The lowest BCUT2D eigenvalue weighted by Gasteiger charge is -2.43. The maximum Gasteiger partial charge on any atom is 0.282 e. The minimum absolute atomic E-state index is 0.0343. The van der Waals surface area contributed by atoms with E-state index in [0.717, 1.165) is 31.4 Å². The van der Waals surface area contributed by atoms with Crippen molar-refractivity contribution >= 4 is 16.1 Å². The van der Waals surface area contributed by atoms with E-state index in [9.17, 15) is 13.2 Å². The van der Waals surface area contributed by atoms with Gasteiger partial charge in [0.15, 0.2) is 5.69 Å². The summed E-state index contributed by atoms with van der Waals surface area (Å²) in [7, 11) is -3.49. The fourth-order valence-corrected chi connectivity index (χ4v) is 7.36. The van der Waals surface area contributed by atoms with Crippen LogP contribution in [-0.4, -0.2) is 71.9 Å². The lowest BCUT2D eigenvalue weighted by molar-refractivity contribution is 0.0897. The molecule has 3 saturated heterocycles. The highest BCUT2D eigenvalue weighted by atomic mass is 32.2. The number of hydrogen-bond donors (Lipinski definition) is 2. The summed E-state index contributed by atoms with van der Waals surface area (Å²) < 4.78 is 35.4. The van der Waals surface area contributed by atoms with Crippen LogP contribution in [0.15, 0.2) is 10.6 Å². The van der Waals surface area contributed by atoms with Crippen molar-refractivity contribution < 1.29 is 17.7 Å². The molecule has 160 valence electrons. The van der Waals surface area contributed by atoms with E-state index in [4.69, 9.17) is 4.52 Å². The number of carbonyl (C=O) groups excluding carboxylic acids is 1. The summed E-state index contributed by atoms with van der Waals surface area (Å²) in [6.45, 7) is 3.83. The van der Waals surface area contributed by atoms with Crippen LogP contribution in [0.3, 0.4) is 0 Å². The number of nitrogens with zero attached hydrogens (tertiary/aromatic N) is 3. The van der Waals surface area contributed by atoms with E-state index in [0.29, 0.717) is 44.1 Å². The van der Waals surface area contributed by atoms with Gasteiger partial charge in [0.05, 0.1) is 0 Å². The van der Waals surface area contributed by atoms with Gasteiger partial charge >= 0.3 is 0 Å². The zero-order valence-electron chi connectivity index (χ0n) is 16.7. The molecule has 4 aliphatic rings. The normalized spacial score (nSPS) is 33.7. The molecular weight excluding hydrogens is 394 g/mol. The fraction of sp³-hybridized carbons (Fsp3) is 0.789. The molecule has 4 heterocycles. The molecule has 4 fully saturated rings. The van der Waals surface area contributed by atoms with E-state index < -0.39 is 10.2 Å². The van der Waals surface area contributed by atoms with Gasteiger partial charge in [-0.1, -0.05) is 5.16 Å². The van der Waals surface area contributed by atoms with Gasteiger partial charge in [0.2, 0.25) is 0 Å². The molecule has 1 aromatic rings. The Morgan fingerprint density at radius 2 is 1.97 bits per heavy atom. The zero-order valence-corrected chi connectivity index (χ0v) is 17.5. The number of aromatic nitrogens is 1. The number of piperazine rings is 1. The van der Waals surface area contributed by atoms with Gasteiger partial charge in [-0.15, -0.1) is 0 Å². The van der Waals surface area contributed by atoms with E-state index in [2.05, 4.69) is 15.8 Å². The predicted octanol–water partition coefficient (Wildman–Crippen LogP) is 0.816. The summed E-state index contributed by atoms with van der Waals surface area (Å²) in [4.78, 5) is 12.6. The van der Waals surface area contributed by atoms with Gasteiger partial charge in [0.1, 0.15) is 5.76 Å². The summed E-state index contributed by atoms with van der Waals surface area (Å²) >= 11 is 0. The Morgan fingerprint density at radius 3 is 2.62 bits per heavy atom. The predicted molar refractivity (Wildman–Crippen MR) is 106 cm³/mol. The Labute approximate surface area is 171 Å². The lowest BCUT2D eigenvalue weighted by Crippen LogP contribution is -2.60. The lowest BCUT2D eigenvalue weighted by atomic mass is 9.99. The molecule has 0 aromatic carbocycles. The topological polar surface area (TPSA) is 108 Å². The molecule has 0 spiro atoms. The van der Waals surface area contributed by atoms with E-state index in [1.54, 1.807) is 14.7 Å². The smallest absolute Gasteiger partial charge is 0.282 e. The molecule has 2 bridgehead atoms. The molecule has 1 saturated carbocycles. The first-order valence-electron chi connectivity index (χ1n) is 10.7. The third-order valence-corrected chi connectivity index (χ3v) is 9.01. The number of fused-ring (bicyclic) bond motifs is 2. The second-order valence-corrected chi connectivity index (χ2v) is 10.7. The highest BCUT2D eigenvalue weighted by molar-refractivity contribution is 7.86. The van der Waals surface area contributed by atoms with Crippen molar-refractivity contribution in [3.05, 3.63) is 17.5 Å². The molecule has 1 amide bonds. The zero-order chi connectivity index (χ0) is 20.2. The molecule has 1 unspecified atom stereocenters. The maximum absolute atomic E-state index is 13.3. The maximum atomic E-state index is 13.3. The molecule has 1 aliphatic carbocycles. The van der Waals surface area contributed by atoms with E-state index >= 15 is 0 Å². The first-order valence-corrected chi connectivity index (χ1v) is 12.1.